The summed E-state index contributed by atoms with van der Waals surface area (Å²) >= 11 is 1.34. The molecule has 0 aliphatic carbocycles. The van der Waals surface area contributed by atoms with Crippen LogP contribution < -0.4 is 16.4 Å². The molecule has 14 heteroatoms. The first-order chi connectivity index (χ1) is 22.0. The Labute approximate surface area is 269 Å². The summed E-state index contributed by atoms with van der Waals surface area (Å²) in [5.41, 5.74) is 8.68. The molecule has 12 nitrogen and oxygen atoms in total. The number of hydrogen-bond acceptors (Lipinski definition) is 9. The lowest BCUT2D eigenvalue weighted by Gasteiger charge is -2.37. The van der Waals surface area contributed by atoms with Gasteiger partial charge in [0, 0.05) is 38.6 Å². The number of nitrogens with two attached hydrogens (primary N) is 1. The maximum absolute atomic E-state index is 14.1. The van der Waals surface area contributed by atoms with Crippen LogP contribution in [0.5, 0.6) is 11.5 Å². The summed E-state index contributed by atoms with van der Waals surface area (Å²) in [5, 5.41) is 29.0. The Hall–Kier alpha value is -4.95. The lowest BCUT2D eigenvalue weighted by molar-refractivity contribution is -0.136. The highest BCUT2D eigenvalue weighted by Crippen LogP contribution is 2.28. The molecule has 6 N–H and O–H groups in total. The number of nitrogens with zero attached hydrogens (tertiary/aromatic N) is 4. The van der Waals surface area contributed by atoms with Crippen molar-refractivity contribution < 1.29 is 29.0 Å². The van der Waals surface area contributed by atoms with Crippen molar-refractivity contribution in [1.29, 1.82) is 0 Å². The van der Waals surface area contributed by atoms with E-state index in [4.69, 9.17) is 5.73 Å². The summed E-state index contributed by atoms with van der Waals surface area (Å²) < 4.78 is 14.2. The molecule has 1 aliphatic heterocycles. The monoisotopic (exact) mass is 649 g/mol. The lowest BCUT2D eigenvalue weighted by Crippen LogP contribution is -2.57. The largest absolute Gasteiger partial charge is 0.504 e. The SMILES string of the molecule is CC(C)N(C(=O)NCc1ccc(F)cc1)N1CCN(Cc2cccc3sc(N)nc23)C(=O)[C@H](Cc2ccc(O)c(O)c2)NC(=O)C1. The van der Waals surface area contributed by atoms with Gasteiger partial charge in [-0.3, -0.25) is 14.6 Å². The highest BCUT2D eigenvalue weighted by molar-refractivity contribution is 7.22. The molecule has 4 aromatic rings. The van der Waals surface area contributed by atoms with E-state index in [1.165, 1.54) is 40.6 Å². The fraction of sp³-hybridized carbons (Fsp3) is 0.312. The van der Waals surface area contributed by atoms with Gasteiger partial charge >= 0.3 is 6.03 Å². The molecule has 1 aliphatic rings. The number of phenolic OH excluding ortho intramolecular Hbond substituents is 2. The molecule has 0 spiro atoms. The van der Waals surface area contributed by atoms with Crippen molar-refractivity contribution >= 4 is 44.5 Å². The Morgan fingerprint density at radius 1 is 1.11 bits per heavy atom. The van der Waals surface area contributed by atoms with Crippen molar-refractivity contribution in [3.05, 3.63) is 83.2 Å². The van der Waals surface area contributed by atoms with Crippen LogP contribution in [0, 0.1) is 5.82 Å². The van der Waals surface area contributed by atoms with Gasteiger partial charge in [-0.05, 0) is 60.9 Å². The fourth-order valence-electron chi connectivity index (χ4n) is 5.43. The lowest BCUT2D eigenvalue weighted by atomic mass is 10.0. The van der Waals surface area contributed by atoms with Gasteiger partial charge < -0.3 is 31.5 Å². The van der Waals surface area contributed by atoms with Crippen molar-refractivity contribution in [2.75, 3.05) is 25.4 Å². The molecule has 46 heavy (non-hydrogen) atoms. The number of carbonyl (C=O) groups excluding carboxylic acids is 3. The van der Waals surface area contributed by atoms with E-state index in [2.05, 4.69) is 15.6 Å². The van der Waals surface area contributed by atoms with Crippen LogP contribution in [0.3, 0.4) is 0 Å². The number of aromatic nitrogens is 1. The van der Waals surface area contributed by atoms with Crippen molar-refractivity contribution in [3.8, 4) is 11.5 Å². The van der Waals surface area contributed by atoms with Gasteiger partial charge in [0.05, 0.1) is 16.8 Å². The molecule has 4 amide bonds. The minimum atomic E-state index is -1.00. The second-order valence-corrected chi connectivity index (χ2v) is 12.4. The molecular formula is C32H36FN7O5S. The van der Waals surface area contributed by atoms with Crippen LogP contribution in [-0.2, 0) is 29.1 Å². The summed E-state index contributed by atoms with van der Waals surface area (Å²) in [5.74, 6) is -1.85. The third-order valence-electron chi connectivity index (χ3n) is 7.62. The quantitative estimate of drug-likeness (QED) is 0.182. The Morgan fingerprint density at radius 2 is 1.85 bits per heavy atom. The smallest absolute Gasteiger partial charge is 0.332 e. The Kier molecular flexibility index (Phi) is 9.87. The van der Waals surface area contributed by atoms with Crippen molar-refractivity contribution in [2.24, 2.45) is 0 Å². The molecule has 1 saturated heterocycles. The van der Waals surface area contributed by atoms with E-state index in [0.717, 1.165) is 10.3 Å². The summed E-state index contributed by atoms with van der Waals surface area (Å²) in [6.07, 6.45) is 0.0504. The number of hydrogen-bond donors (Lipinski definition) is 5. The number of phenols is 2. The minimum absolute atomic E-state index is 0.0504. The number of anilines is 1. The number of benzene rings is 3. The first-order valence-electron chi connectivity index (χ1n) is 14.8. The molecule has 0 radical (unpaired) electrons. The van der Waals surface area contributed by atoms with E-state index in [1.807, 2.05) is 32.0 Å². The zero-order valence-corrected chi connectivity index (χ0v) is 26.3. The zero-order chi connectivity index (χ0) is 33.0. The standard InChI is InChI=1S/C32H36FN7O5S/c1-19(2)40(32(45)35-16-20-6-9-23(33)10-7-20)39-13-12-38(17-22-4-3-5-27-29(22)37-31(34)46-27)30(44)24(36-28(43)18-39)14-21-8-11-25(41)26(42)15-21/h3-11,15,19,24,41-42H,12-14,16-18H2,1-2H3,(H2,34,37)(H,35,45)(H,36,43)/t24-/m0/s1. The van der Waals surface area contributed by atoms with Crippen LogP contribution in [-0.4, -0.2) is 79.7 Å². The topological polar surface area (TPSA) is 164 Å². The molecule has 5 rings (SSSR count). The van der Waals surface area contributed by atoms with Gasteiger partial charge in [0.15, 0.2) is 16.6 Å². The van der Waals surface area contributed by atoms with Crippen molar-refractivity contribution in [1.82, 2.24) is 30.5 Å². The van der Waals surface area contributed by atoms with Gasteiger partial charge in [-0.25, -0.2) is 19.2 Å². The maximum atomic E-state index is 14.1. The number of halogens is 1. The maximum Gasteiger partial charge on any atom is 0.332 e. The fourth-order valence-corrected chi connectivity index (χ4v) is 6.21. The molecule has 0 unspecified atom stereocenters. The second kappa shape index (κ2) is 14.0. The number of rotatable bonds is 8. The predicted octanol–water partition coefficient (Wildman–Crippen LogP) is 3.34. The van der Waals surface area contributed by atoms with E-state index >= 15 is 0 Å². The molecule has 0 saturated carbocycles. The average Bonchev–Trinajstić information content (AvgIpc) is 3.42. The van der Waals surface area contributed by atoms with E-state index in [9.17, 15) is 29.0 Å². The number of nitrogens with one attached hydrogen (secondary N) is 2. The zero-order valence-electron chi connectivity index (χ0n) is 25.4. The molecule has 2 heterocycles. The first kappa shape index (κ1) is 32.4. The van der Waals surface area contributed by atoms with Gasteiger partial charge in [0.2, 0.25) is 11.8 Å². The second-order valence-electron chi connectivity index (χ2n) is 11.3. The highest BCUT2D eigenvalue weighted by Gasteiger charge is 2.33. The summed E-state index contributed by atoms with van der Waals surface area (Å²) in [4.78, 5) is 47.2. The van der Waals surface area contributed by atoms with E-state index in [0.29, 0.717) is 21.8 Å². The highest BCUT2D eigenvalue weighted by atomic mass is 32.1. The summed E-state index contributed by atoms with van der Waals surface area (Å²) in [7, 11) is 0. The molecule has 1 atom stereocenters. The van der Waals surface area contributed by atoms with Crippen LogP contribution in [0.15, 0.2) is 60.7 Å². The van der Waals surface area contributed by atoms with Gasteiger partial charge in [-0.2, -0.15) is 0 Å². The first-order valence-corrected chi connectivity index (χ1v) is 15.6. The van der Waals surface area contributed by atoms with E-state index < -0.39 is 18.0 Å². The van der Waals surface area contributed by atoms with Crippen LogP contribution in [0.4, 0.5) is 14.3 Å². The normalized spacial score (nSPS) is 16.2. The van der Waals surface area contributed by atoms with Gasteiger partial charge in [0.1, 0.15) is 11.9 Å². The van der Waals surface area contributed by atoms with Crippen molar-refractivity contribution in [2.45, 2.75) is 45.4 Å². The van der Waals surface area contributed by atoms with Gasteiger partial charge in [-0.1, -0.05) is 41.7 Å². The van der Waals surface area contributed by atoms with Crippen molar-refractivity contribution in [3.63, 3.8) is 0 Å². The van der Waals surface area contributed by atoms with Crippen LogP contribution >= 0.6 is 11.3 Å². The summed E-state index contributed by atoms with van der Waals surface area (Å²) in [6, 6.07) is 13.9. The predicted molar refractivity (Wildman–Crippen MR) is 172 cm³/mol. The van der Waals surface area contributed by atoms with Crippen LogP contribution in [0.25, 0.3) is 10.2 Å². The molecule has 3 aromatic carbocycles. The number of hydrazine groups is 1. The third kappa shape index (κ3) is 7.64. The molecule has 0 bridgehead atoms. The average molecular weight is 650 g/mol. The Bertz CT molecular complexity index is 1730. The van der Waals surface area contributed by atoms with E-state index in [-0.39, 0.29) is 68.4 Å². The number of carbonyl (C=O) groups is 3. The number of amides is 4. The number of nitrogen functional groups attached to an aromatic ring is 1. The van der Waals surface area contributed by atoms with E-state index in [1.54, 1.807) is 28.1 Å². The molecule has 1 fully saturated rings. The number of fused-ring (bicyclic) bond motifs is 1. The molecule has 242 valence electrons. The third-order valence-corrected chi connectivity index (χ3v) is 8.47. The van der Waals surface area contributed by atoms with Crippen LogP contribution in [0.1, 0.15) is 30.5 Å². The minimum Gasteiger partial charge on any atom is -0.504 e. The Balaban J connectivity index is 1.43. The number of urea groups is 1. The van der Waals surface area contributed by atoms with Gasteiger partial charge in [-0.15, -0.1) is 0 Å². The van der Waals surface area contributed by atoms with Gasteiger partial charge in [0.25, 0.3) is 0 Å². The molecular weight excluding hydrogens is 613 g/mol. The number of para-hydroxylation sites is 1. The number of thiazole rings is 1. The van der Waals surface area contributed by atoms with Crippen LogP contribution in [0.2, 0.25) is 0 Å². The summed E-state index contributed by atoms with van der Waals surface area (Å²) in [6.45, 7) is 4.06. The Morgan fingerprint density at radius 3 is 2.57 bits per heavy atom. The molecule has 1 aromatic heterocycles. The number of aromatic hydroxyl groups is 2.